The minimum absolute atomic E-state index is 0.151. The maximum atomic E-state index is 11.9. The molecule has 0 bridgehead atoms. The van der Waals surface area contributed by atoms with Gasteiger partial charge in [-0.1, -0.05) is 0 Å². The summed E-state index contributed by atoms with van der Waals surface area (Å²) in [6, 6.07) is 1.17. The van der Waals surface area contributed by atoms with E-state index in [2.05, 4.69) is 0 Å². The molecule has 1 amide bonds. The van der Waals surface area contributed by atoms with Crippen LogP contribution in [0.1, 0.15) is 5.37 Å². The number of hydrogen-bond donors (Lipinski definition) is 2. The van der Waals surface area contributed by atoms with Gasteiger partial charge in [-0.3, -0.25) is 19.6 Å². The fourth-order valence-corrected chi connectivity index (χ4v) is 2.61. The molecule has 2 heterocycles. The van der Waals surface area contributed by atoms with Crippen LogP contribution in [0.3, 0.4) is 0 Å². The predicted octanol–water partition coefficient (Wildman–Crippen LogP) is -1.71. The molecule has 1 aromatic rings. The van der Waals surface area contributed by atoms with Crippen molar-refractivity contribution >= 4 is 18.2 Å². The van der Waals surface area contributed by atoms with Crippen LogP contribution in [0.15, 0.2) is 21.9 Å². The number of aromatic nitrogens is 2. The monoisotopic (exact) mass is 273 g/mol. The number of thioether (sulfide) groups is 1. The zero-order valence-electron chi connectivity index (χ0n) is 9.18. The molecule has 9 heteroatoms. The molecule has 2 N–H and O–H groups in total. The zero-order valence-corrected chi connectivity index (χ0v) is 10.0. The Balaban J connectivity index is 2.35. The molecule has 0 saturated carbocycles. The average molecular weight is 273 g/mol. The van der Waals surface area contributed by atoms with Gasteiger partial charge >= 0.3 is 5.69 Å². The van der Waals surface area contributed by atoms with Gasteiger partial charge in [-0.05, 0) is 0 Å². The van der Waals surface area contributed by atoms with E-state index in [1.54, 1.807) is 0 Å². The van der Waals surface area contributed by atoms with Crippen LogP contribution in [0.5, 0.6) is 0 Å². The summed E-state index contributed by atoms with van der Waals surface area (Å²) >= 11 is 1.27. The molecule has 1 saturated heterocycles. The summed E-state index contributed by atoms with van der Waals surface area (Å²) in [6.07, 6.45) is 1.59. The molecule has 0 radical (unpaired) electrons. The third-order valence-electron chi connectivity index (χ3n) is 2.38. The van der Waals surface area contributed by atoms with E-state index in [0.717, 1.165) is 0 Å². The van der Waals surface area contributed by atoms with Crippen molar-refractivity contribution in [2.75, 3.05) is 18.6 Å². The molecular weight excluding hydrogens is 262 g/mol. The number of aliphatic hydroxyl groups is 1. The molecule has 2 unspecified atom stereocenters. The average Bonchev–Trinajstić information content (AvgIpc) is 2.83. The molecule has 0 aromatic carbocycles. The van der Waals surface area contributed by atoms with Crippen molar-refractivity contribution in [3.05, 3.63) is 33.1 Å². The maximum Gasteiger partial charge on any atom is 0.351 e. The van der Waals surface area contributed by atoms with E-state index in [0.29, 0.717) is 4.68 Å². The Hall–Kier alpha value is -1.58. The lowest BCUT2D eigenvalue weighted by molar-refractivity contribution is -0.106. The second-order valence-corrected chi connectivity index (χ2v) is 4.80. The Bertz CT molecular complexity index is 554. The van der Waals surface area contributed by atoms with E-state index in [-0.39, 0.29) is 30.4 Å². The molecule has 1 aromatic heterocycles. The van der Waals surface area contributed by atoms with Crippen LogP contribution in [-0.4, -0.2) is 39.4 Å². The van der Waals surface area contributed by atoms with Crippen molar-refractivity contribution in [3.8, 4) is 0 Å². The normalized spacial score (nSPS) is 22.9. The van der Waals surface area contributed by atoms with Gasteiger partial charge in [-0.25, -0.2) is 4.79 Å². The van der Waals surface area contributed by atoms with Gasteiger partial charge in [0.05, 0.1) is 13.2 Å². The Labute approximate surface area is 105 Å². The molecule has 0 spiro atoms. The predicted molar refractivity (Wildman–Crippen MR) is 63.8 cm³/mol. The number of ether oxygens (including phenoxy) is 1. The number of carbonyl (C=O) groups excluding carboxylic acids is 1. The van der Waals surface area contributed by atoms with Crippen LogP contribution >= 0.6 is 11.8 Å². The topological polar surface area (TPSA) is 103 Å². The molecule has 1 aliphatic rings. The first-order valence-corrected chi connectivity index (χ1v) is 6.04. The highest BCUT2D eigenvalue weighted by molar-refractivity contribution is 8.00. The number of rotatable bonds is 4. The maximum absolute atomic E-state index is 11.9. The van der Waals surface area contributed by atoms with Gasteiger partial charge in [-0.15, -0.1) is 11.8 Å². The Morgan fingerprint density at radius 1 is 1.61 bits per heavy atom. The van der Waals surface area contributed by atoms with Crippen LogP contribution in [0.2, 0.25) is 0 Å². The van der Waals surface area contributed by atoms with Gasteiger partial charge in [0.1, 0.15) is 10.8 Å². The third-order valence-corrected chi connectivity index (χ3v) is 3.65. The lowest BCUT2D eigenvalue weighted by atomic mass is 10.5. The lowest BCUT2D eigenvalue weighted by Crippen LogP contribution is -2.44. The van der Waals surface area contributed by atoms with Gasteiger partial charge in [0.25, 0.3) is 5.56 Å². The first kappa shape index (κ1) is 12.9. The lowest BCUT2D eigenvalue weighted by Gasteiger charge is -2.13. The number of amides is 1. The summed E-state index contributed by atoms with van der Waals surface area (Å²) < 4.78 is 7.12. The van der Waals surface area contributed by atoms with Gasteiger partial charge in [-0.2, -0.15) is 4.68 Å². The molecule has 2 rings (SSSR count). The van der Waals surface area contributed by atoms with Gasteiger partial charge in [0, 0.05) is 12.3 Å². The molecular formula is C9H11N3O5S. The van der Waals surface area contributed by atoms with Crippen molar-refractivity contribution in [2.45, 2.75) is 10.8 Å². The van der Waals surface area contributed by atoms with Gasteiger partial charge < -0.3 is 9.84 Å². The van der Waals surface area contributed by atoms with Crippen molar-refractivity contribution in [3.63, 3.8) is 0 Å². The van der Waals surface area contributed by atoms with Gasteiger partial charge in [0.15, 0.2) is 0 Å². The number of nitrogens with one attached hydrogen (secondary N) is 1. The van der Waals surface area contributed by atoms with Crippen LogP contribution in [0.4, 0.5) is 0 Å². The van der Waals surface area contributed by atoms with Crippen LogP contribution in [-0.2, 0) is 9.53 Å². The SMILES string of the molecule is O=CNn1c(=O)ccn(C2COC(CO)S2)c1=O. The summed E-state index contributed by atoms with van der Waals surface area (Å²) in [5.74, 6) is 0. The van der Waals surface area contributed by atoms with Crippen LogP contribution < -0.4 is 16.7 Å². The molecule has 1 aliphatic heterocycles. The molecule has 18 heavy (non-hydrogen) atoms. The number of hydrogen-bond acceptors (Lipinski definition) is 6. The van der Waals surface area contributed by atoms with E-state index in [9.17, 15) is 14.4 Å². The fraction of sp³-hybridized carbons (Fsp3) is 0.444. The highest BCUT2D eigenvalue weighted by atomic mass is 32.2. The quantitative estimate of drug-likeness (QED) is 0.633. The van der Waals surface area contributed by atoms with Crippen LogP contribution in [0.25, 0.3) is 0 Å². The molecule has 0 aliphatic carbocycles. The summed E-state index contributed by atoms with van der Waals surface area (Å²) in [5.41, 5.74) is 0.359. The second kappa shape index (κ2) is 5.38. The van der Waals surface area contributed by atoms with E-state index < -0.39 is 11.2 Å². The van der Waals surface area contributed by atoms with Gasteiger partial charge in [0.2, 0.25) is 6.41 Å². The smallest absolute Gasteiger partial charge is 0.351 e. The first-order chi connectivity index (χ1) is 8.67. The molecule has 1 fully saturated rings. The number of aliphatic hydroxyl groups excluding tert-OH is 1. The summed E-state index contributed by atoms with van der Waals surface area (Å²) in [7, 11) is 0. The second-order valence-electron chi connectivity index (χ2n) is 3.46. The minimum Gasteiger partial charge on any atom is -0.393 e. The Morgan fingerprint density at radius 3 is 3.00 bits per heavy atom. The highest BCUT2D eigenvalue weighted by Gasteiger charge is 2.28. The van der Waals surface area contributed by atoms with Crippen LogP contribution in [0, 0.1) is 0 Å². The zero-order chi connectivity index (χ0) is 13.1. The first-order valence-electron chi connectivity index (χ1n) is 5.09. The summed E-state index contributed by atoms with van der Waals surface area (Å²) in [4.78, 5) is 33.6. The summed E-state index contributed by atoms with van der Waals surface area (Å²) in [6.45, 7) is 0.0945. The molecule has 2 atom stereocenters. The third kappa shape index (κ3) is 2.33. The number of carbonyl (C=O) groups is 1. The van der Waals surface area contributed by atoms with E-state index in [4.69, 9.17) is 9.84 Å². The Morgan fingerprint density at radius 2 is 2.39 bits per heavy atom. The molecule has 98 valence electrons. The summed E-state index contributed by atoms with van der Waals surface area (Å²) in [5, 5.41) is 8.60. The van der Waals surface area contributed by atoms with Crippen molar-refractivity contribution in [1.29, 1.82) is 0 Å². The largest absolute Gasteiger partial charge is 0.393 e. The van der Waals surface area contributed by atoms with E-state index in [1.807, 2.05) is 5.43 Å². The fourth-order valence-electron chi connectivity index (χ4n) is 1.57. The van der Waals surface area contributed by atoms with E-state index >= 15 is 0 Å². The molecule has 8 nitrogen and oxygen atoms in total. The van der Waals surface area contributed by atoms with Crippen molar-refractivity contribution in [2.24, 2.45) is 0 Å². The Kier molecular flexibility index (Phi) is 3.84. The standard InChI is InChI=1S/C9H11N3O5S/c13-3-8-17-4-7(18-8)11-2-1-6(15)12(9(11)16)10-5-14/h1-2,5,7-8,13H,3-4H2,(H,10,14). The highest BCUT2D eigenvalue weighted by Crippen LogP contribution is 2.33. The minimum atomic E-state index is -0.658. The van der Waals surface area contributed by atoms with Crippen molar-refractivity contribution in [1.82, 2.24) is 9.24 Å². The van der Waals surface area contributed by atoms with Crippen molar-refractivity contribution < 1.29 is 14.6 Å². The van der Waals surface area contributed by atoms with E-state index in [1.165, 1.54) is 28.6 Å². The number of nitrogens with zero attached hydrogens (tertiary/aromatic N) is 2.